The van der Waals surface area contributed by atoms with E-state index in [0.717, 1.165) is 24.8 Å². The fourth-order valence-corrected chi connectivity index (χ4v) is 3.88. The van der Waals surface area contributed by atoms with Gasteiger partial charge in [0.15, 0.2) is 5.03 Å². The van der Waals surface area contributed by atoms with Gasteiger partial charge in [-0.1, -0.05) is 24.3 Å². The van der Waals surface area contributed by atoms with Crippen molar-refractivity contribution in [1.29, 1.82) is 0 Å². The summed E-state index contributed by atoms with van der Waals surface area (Å²) in [6.07, 6.45) is 5.83. The lowest BCUT2D eigenvalue weighted by molar-refractivity contribution is 0.506. The van der Waals surface area contributed by atoms with Crippen molar-refractivity contribution in [2.75, 3.05) is 0 Å². The summed E-state index contributed by atoms with van der Waals surface area (Å²) in [6.45, 7) is 0. The van der Waals surface area contributed by atoms with E-state index < -0.39 is 10.0 Å². The first kappa shape index (κ1) is 13.3. The lowest BCUT2D eigenvalue weighted by atomic mass is 9.88. The van der Waals surface area contributed by atoms with Gasteiger partial charge in [-0.25, -0.2) is 18.1 Å². The summed E-state index contributed by atoms with van der Waals surface area (Å²) >= 11 is 0. The molecule has 0 spiro atoms. The van der Waals surface area contributed by atoms with Gasteiger partial charge in [0, 0.05) is 19.3 Å². The maximum absolute atomic E-state index is 12.3. The van der Waals surface area contributed by atoms with Crippen LogP contribution < -0.4 is 4.72 Å². The van der Waals surface area contributed by atoms with E-state index in [1.54, 1.807) is 11.6 Å². The van der Waals surface area contributed by atoms with Crippen molar-refractivity contribution in [1.82, 2.24) is 14.3 Å². The Morgan fingerprint density at radius 3 is 2.90 bits per heavy atom. The zero-order valence-corrected chi connectivity index (χ0v) is 12.1. The van der Waals surface area contributed by atoms with Crippen LogP contribution in [0.25, 0.3) is 0 Å². The lowest BCUT2D eigenvalue weighted by Crippen LogP contribution is -2.31. The minimum absolute atomic E-state index is 0.0723. The maximum atomic E-state index is 12.3. The highest BCUT2D eigenvalue weighted by atomic mass is 32.2. The molecule has 0 radical (unpaired) electrons. The molecule has 0 amide bonds. The quantitative estimate of drug-likeness (QED) is 0.937. The zero-order chi connectivity index (χ0) is 14.2. The number of hydrogen-bond donors (Lipinski definition) is 1. The average Bonchev–Trinajstić information content (AvgIpc) is 2.86. The molecule has 6 heteroatoms. The van der Waals surface area contributed by atoms with Crippen LogP contribution in [0.3, 0.4) is 0 Å². The number of aryl methyl sites for hydroxylation is 2. The number of sulfonamides is 1. The van der Waals surface area contributed by atoms with Crippen molar-refractivity contribution in [3.05, 3.63) is 47.9 Å². The Hall–Kier alpha value is -1.66. The molecule has 0 bridgehead atoms. The van der Waals surface area contributed by atoms with Crippen LogP contribution in [0.4, 0.5) is 0 Å². The number of rotatable bonds is 3. The molecule has 0 fully saturated rings. The Balaban J connectivity index is 1.89. The molecule has 1 aromatic carbocycles. The Bertz CT molecular complexity index is 722. The second kappa shape index (κ2) is 5.03. The highest BCUT2D eigenvalue weighted by Gasteiger charge is 2.26. The van der Waals surface area contributed by atoms with E-state index in [-0.39, 0.29) is 11.1 Å². The number of hydrogen-bond acceptors (Lipinski definition) is 3. The van der Waals surface area contributed by atoms with Crippen LogP contribution in [0, 0.1) is 0 Å². The third-order valence-electron chi connectivity index (χ3n) is 3.62. The summed E-state index contributed by atoms with van der Waals surface area (Å²) in [5.74, 6) is 0. The molecule has 2 aromatic rings. The van der Waals surface area contributed by atoms with Gasteiger partial charge in [0.05, 0.1) is 6.33 Å². The van der Waals surface area contributed by atoms with Crippen molar-refractivity contribution in [2.24, 2.45) is 7.05 Å². The summed E-state index contributed by atoms with van der Waals surface area (Å²) in [7, 11) is -1.81. The first-order valence-electron chi connectivity index (χ1n) is 6.64. The Kier molecular flexibility index (Phi) is 3.35. The molecular formula is C14H17N3O2S. The molecule has 5 nitrogen and oxygen atoms in total. The smallest absolute Gasteiger partial charge is 0.260 e. The predicted molar refractivity (Wildman–Crippen MR) is 75.7 cm³/mol. The molecule has 0 saturated heterocycles. The number of benzene rings is 1. The Morgan fingerprint density at radius 2 is 2.15 bits per heavy atom. The minimum Gasteiger partial charge on any atom is -0.339 e. The van der Waals surface area contributed by atoms with Gasteiger partial charge in [0.25, 0.3) is 10.0 Å². The van der Waals surface area contributed by atoms with Crippen molar-refractivity contribution in [2.45, 2.75) is 30.3 Å². The molecule has 1 unspecified atom stereocenters. The van der Waals surface area contributed by atoms with Gasteiger partial charge < -0.3 is 4.57 Å². The van der Waals surface area contributed by atoms with Gasteiger partial charge in [-0.15, -0.1) is 0 Å². The normalized spacial score (nSPS) is 18.8. The molecule has 0 aliphatic heterocycles. The lowest BCUT2D eigenvalue weighted by Gasteiger charge is -2.25. The number of imidazole rings is 1. The zero-order valence-electron chi connectivity index (χ0n) is 11.3. The number of aromatic nitrogens is 2. The van der Waals surface area contributed by atoms with Gasteiger partial charge in [0.1, 0.15) is 0 Å². The first-order valence-corrected chi connectivity index (χ1v) is 8.13. The molecular weight excluding hydrogens is 274 g/mol. The molecule has 0 saturated carbocycles. The van der Waals surface area contributed by atoms with Crippen LogP contribution in [0.1, 0.15) is 30.0 Å². The van der Waals surface area contributed by atoms with Crippen LogP contribution >= 0.6 is 0 Å². The van der Waals surface area contributed by atoms with E-state index >= 15 is 0 Å². The SMILES string of the molecule is Cn1cnc(S(=O)(=O)NC2CCCc3ccccc32)c1. The number of nitrogens with one attached hydrogen (secondary N) is 1. The Morgan fingerprint density at radius 1 is 1.35 bits per heavy atom. The monoisotopic (exact) mass is 291 g/mol. The van der Waals surface area contributed by atoms with Crippen LogP contribution in [-0.2, 0) is 23.5 Å². The molecule has 20 heavy (non-hydrogen) atoms. The highest BCUT2D eigenvalue weighted by Crippen LogP contribution is 2.30. The summed E-state index contributed by atoms with van der Waals surface area (Å²) in [5, 5.41) is 0.0723. The van der Waals surface area contributed by atoms with Crippen LogP contribution in [-0.4, -0.2) is 18.0 Å². The molecule has 1 aromatic heterocycles. The second-order valence-corrected chi connectivity index (χ2v) is 6.80. The molecule has 1 aliphatic rings. The standard InChI is InChI=1S/C14H17N3O2S/c1-17-9-14(15-10-17)20(18,19)16-13-8-4-6-11-5-2-3-7-12(11)13/h2-3,5,7,9-10,13,16H,4,6,8H2,1H3. The van der Waals surface area contributed by atoms with Crippen LogP contribution in [0.15, 0.2) is 41.8 Å². The van der Waals surface area contributed by atoms with E-state index in [9.17, 15) is 8.42 Å². The number of fused-ring (bicyclic) bond motifs is 1. The van der Waals surface area contributed by atoms with Gasteiger partial charge in [-0.3, -0.25) is 0 Å². The molecule has 1 N–H and O–H groups in total. The summed E-state index contributed by atoms with van der Waals surface area (Å²) in [4.78, 5) is 3.92. The molecule has 1 atom stereocenters. The second-order valence-electron chi connectivity index (χ2n) is 5.14. The largest absolute Gasteiger partial charge is 0.339 e. The Labute approximate surface area is 118 Å². The topological polar surface area (TPSA) is 64.0 Å². The van der Waals surface area contributed by atoms with Crippen molar-refractivity contribution >= 4 is 10.0 Å². The third-order valence-corrected chi connectivity index (χ3v) is 4.98. The fraction of sp³-hybridized carbons (Fsp3) is 0.357. The van der Waals surface area contributed by atoms with Gasteiger partial charge >= 0.3 is 0 Å². The maximum Gasteiger partial charge on any atom is 0.260 e. The summed E-state index contributed by atoms with van der Waals surface area (Å²) < 4.78 is 29.1. The van der Waals surface area contributed by atoms with E-state index in [1.807, 2.05) is 18.2 Å². The fourth-order valence-electron chi connectivity index (χ4n) is 2.65. The first-order chi connectivity index (χ1) is 9.56. The van der Waals surface area contributed by atoms with Gasteiger partial charge in [0.2, 0.25) is 0 Å². The minimum atomic E-state index is -3.56. The summed E-state index contributed by atoms with van der Waals surface area (Å²) in [6, 6.07) is 7.85. The summed E-state index contributed by atoms with van der Waals surface area (Å²) in [5.41, 5.74) is 2.31. The molecule has 106 valence electrons. The van der Waals surface area contributed by atoms with Crippen LogP contribution in [0.5, 0.6) is 0 Å². The average molecular weight is 291 g/mol. The highest BCUT2D eigenvalue weighted by molar-refractivity contribution is 7.89. The van der Waals surface area contributed by atoms with E-state index in [0.29, 0.717) is 0 Å². The van der Waals surface area contributed by atoms with Crippen LogP contribution in [0.2, 0.25) is 0 Å². The van der Waals surface area contributed by atoms with Gasteiger partial charge in [-0.05, 0) is 30.4 Å². The van der Waals surface area contributed by atoms with E-state index in [1.165, 1.54) is 18.1 Å². The molecule has 1 aliphatic carbocycles. The van der Waals surface area contributed by atoms with E-state index in [4.69, 9.17) is 0 Å². The van der Waals surface area contributed by atoms with Crippen molar-refractivity contribution in [3.8, 4) is 0 Å². The van der Waals surface area contributed by atoms with E-state index in [2.05, 4.69) is 15.8 Å². The van der Waals surface area contributed by atoms with Crippen molar-refractivity contribution < 1.29 is 8.42 Å². The predicted octanol–water partition coefficient (Wildman–Crippen LogP) is 1.78. The van der Waals surface area contributed by atoms with Gasteiger partial charge in [-0.2, -0.15) is 0 Å². The van der Waals surface area contributed by atoms with Crippen molar-refractivity contribution in [3.63, 3.8) is 0 Å². The molecule has 1 heterocycles. The third kappa shape index (κ3) is 2.48. The molecule has 3 rings (SSSR count). The number of nitrogens with zero attached hydrogens (tertiary/aromatic N) is 2.